The van der Waals surface area contributed by atoms with E-state index in [-0.39, 0.29) is 5.41 Å². The van der Waals surface area contributed by atoms with Crippen molar-refractivity contribution < 1.29 is 17.7 Å². The van der Waals surface area contributed by atoms with E-state index >= 15 is 0 Å². The number of rotatable bonds is 11. The quantitative estimate of drug-likeness (QED) is 0.0951. The first-order valence-corrected chi connectivity index (χ1v) is 38.6. The molecule has 0 fully saturated rings. The number of nitrogens with one attached hydrogen (secondary N) is 4. The molecule has 0 aliphatic rings. The lowest BCUT2D eigenvalue weighted by molar-refractivity contribution is 0.590. The topological polar surface area (TPSA) is 101 Å². The second-order valence-electron chi connectivity index (χ2n) is 29.9. The fourth-order valence-electron chi connectivity index (χ4n) is 15.5. The Kier molecular flexibility index (Phi) is 18.4. The molecule has 0 amide bonds. The van der Waals surface area contributed by atoms with Crippen LogP contribution < -0.4 is 21.3 Å². The molecular formula is C106H78N4O4. The Balaban J connectivity index is 0.000000105. The van der Waals surface area contributed by atoms with E-state index in [1.165, 1.54) is 71.1 Å². The average Bonchev–Trinajstić information content (AvgIpc) is 1.57. The molecule has 0 aliphatic carbocycles. The van der Waals surface area contributed by atoms with E-state index < -0.39 is 0 Å². The van der Waals surface area contributed by atoms with Crippen LogP contribution in [-0.4, -0.2) is 0 Å². The molecule has 114 heavy (non-hydrogen) atoms. The van der Waals surface area contributed by atoms with E-state index in [9.17, 15) is 0 Å². The highest BCUT2D eigenvalue weighted by Crippen LogP contribution is 2.42. The number of benzene rings is 18. The van der Waals surface area contributed by atoms with Crippen LogP contribution in [0, 0.1) is 0 Å². The second-order valence-corrected chi connectivity index (χ2v) is 29.9. The summed E-state index contributed by atoms with van der Waals surface area (Å²) in [7, 11) is 0. The fourth-order valence-corrected chi connectivity index (χ4v) is 15.5. The number of fused-ring (bicyclic) bond motifs is 17. The molecular weight excluding hydrogens is 1390 g/mol. The van der Waals surface area contributed by atoms with Crippen LogP contribution in [0.1, 0.15) is 26.3 Å². The Hall–Kier alpha value is -14.9. The Labute approximate surface area is 659 Å². The van der Waals surface area contributed by atoms with E-state index in [2.05, 4.69) is 339 Å². The molecule has 4 aromatic heterocycles. The highest BCUT2D eigenvalue weighted by molar-refractivity contribution is 6.19. The van der Waals surface area contributed by atoms with Gasteiger partial charge >= 0.3 is 0 Å². The summed E-state index contributed by atoms with van der Waals surface area (Å²) in [6.45, 7) is 6.69. The van der Waals surface area contributed by atoms with Crippen LogP contribution in [0.2, 0.25) is 0 Å². The van der Waals surface area contributed by atoms with Crippen LogP contribution in [0.25, 0.3) is 153 Å². The van der Waals surface area contributed by atoms with Crippen LogP contribution in [-0.2, 0) is 5.41 Å². The summed E-state index contributed by atoms with van der Waals surface area (Å²) < 4.78 is 24.4. The minimum absolute atomic E-state index is 0.214. The summed E-state index contributed by atoms with van der Waals surface area (Å²) in [5.41, 5.74) is 24.3. The van der Waals surface area contributed by atoms with Gasteiger partial charge in [-0.05, 0) is 210 Å². The molecule has 18 aromatic carbocycles. The highest BCUT2D eigenvalue weighted by Gasteiger charge is 2.18. The summed E-state index contributed by atoms with van der Waals surface area (Å²) in [5.74, 6) is 0. The first-order valence-electron chi connectivity index (χ1n) is 38.6. The average molecular weight is 1470 g/mol. The van der Waals surface area contributed by atoms with Crippen LogP contribution in [0.3, 0.4) is 0 Å². The van der Waals surface area contributed by atoms with Gasteiger partial charge in [-0.3, -0.25) is 0 Å². The van der Waals surface area contributed by atoms with E-state index in [0.29, 0.717) is 0 Å². The minimum atomic E-state index is 0.214. The van der Waals surface area contributed by atoms with Crippen molar-refractivity contribution in [3.8, 4) is 33.4 Å². The van der Waals surface area contributed by atoms with Crippen LogP contribution in [0.15, 0.2) is 412 Å². The summed E-state index contributed by atoms with van der Waals surface area (Å²) in [6.07, 6.45) is 0. The van der Waals surface area contributed by atoms with Gasteiger partial charge in [0.2, 0.25) is 0 Å². The molecule has 0 bridgehead atoms. The van der Waals surface area contributed by atoms with Gasteiger partial charge in [0.05, 0.1) is 5.69 Å². The first kappa shape index (κ1) is 69.6. The van der Waals surface area contributed by atoms with Gasteiger partial charge in [-0.25, -0.2) is 0 Å². The van der Waals surface area contributed by atoms with E-state index in [0.717, 1.165) is 133 Å². The SMILES string of the molecule is CC(C)(C)c1ccc(Nc2ccccc2)cc1.c1ccc(-c2ccc(Nc3cc(-c4ccccc4)cc4c3oc3ccccc34)cc2)cc1.c1ccc(-c2ccc3c(ccc4ccc(Nc5ccc6c(c5)oc5ccc7ccccc7c56)cc43)c2)cc1.c1ccc2c(c1)oc1cc(Nc3ccc4oc5ccccc5c4c3)ccc12. The predicted molar refractivity (Wildman–Crippen MR) is 481 cm³/mol. The second kappa shape index (κ2) is 30.2. The van der Waals surface area contributed by atoms with E-state index in [1.807, 2.05) is 97.1 Å². The molecule has 0 spiro atoms. The van der Waals surface area contributed by atoms with Crippen molar-refractivity contribution in [1.82, 2.24) is 0 Å². The molecule has 0 atom stereocenters. The zero-order valence-corrected chi connectivity index (χ0v) is 63.2. The van der Waals surface area contributed by atoms with Crippen molar-refractivity contribution in [2.24, 2.45) is 0 Å². The lowest BCUT2D eigenvalue weighted by Crippen LogP contribution is -2.10. The van der Waals surface area contributed by atoms with Crippen molar-refractivity contribution in [3.63, 3.8) is 0 Å². The van der Waals surface area contributed by atoms with Crippen molar-refractivity contribution in [1.29, 1.82) is 0 Å². The largest absolute Gasteiger partial charge is 0.456 e. The minimum Gasteiger partial charge on any atom is -0.456 e. The number of hydrogen-bond donors (Lipinski definition) is 4. The van der Waals surface area contributed by atoms with Crippen LogP contribution in [0.4, 0.5) is 45.5 Å². The normalized spacial score (nSPS) is 11.5. The molecule has 0 saturated carbocycles. The standard InChI is InChI=1S/C36H23NO.C30H21NO.C24H15NO2.C16H19N/c1-2-6-23(7-3-1)26-13-17-30-27(20-26)11-10-25-12-15-28(21-33(25)30)37-29-16-18-32-35(22-29)38-34-19-14-24-8-4-5-9-31(24)36(32)34;1-3-9-21(10-4-1)23-15-17-25(18-16-23)31-28-20-24(22-11-5-2-6-12-22)19-27-26-13-7-8-14-29(26)32-30(27)28;1-3-7-21-17(5-1)19-11-9-16(14-24(19)27-21)25-15-10-12-23-20(13-15)18-6-2-4-8-22(18)26-23;1-16(2,3)13-9-11-15(12-10-13)17-14-7-5-4-6-8-14/h1-22,37H;1-20,31H;1-14,25H;4-12,17H,1-3H3. The molecule has 0 saturated heterocycles. The van der Waals surface area contributed by atoms with Crippen molar-refractivity contribution in [2.75, 3.05) is 21.3 Å². The van der Waals surface area contributed by atoms with Crippen molar-refractivity contribution in [3.05, 3.63) is 400 Å². The highest BCUT2D eigenvalue weighted by atomic mass is 16.3. The van der Waals surface area contributed by atoms with Gasteiger partial charge < -0.3 is 38.9 Å². The van der Waals surface area contributed by atoms with Gasteiger partial charge in [-0.2, -0.15) is 0 Å². The lowest BCUT2D eigenvalue weighted by atomic mass is 9.87. The summed E-state index contributed by atoms with van der Waals surface area (Å²) >= 11 is 0. The number of anilines is 8. The molecule has 0 unspecified atom stereocenters. The zero-order valence-electron chi connectivity index (χ0n) is 63.2. The van der Waals surface area contributed by atoms with E-state index in [1.54, 1.807) is 0 Å². The fraction of sp³-hybridized carbons (Fsp3) is 0.0377. The van der Waals surface area contributed by atoms with Crippen molar-refractivity contribution in [2.45, 2.75) is 26.2 Å². The molecule has 22 aromatic rings. The summed E-state index contributed by atoms with van der Waals surface area (Å²) in [4.78, 5) is 0. The molecule has 8 heteroatoms. The van der Waals surface area contributed by atoms with Gasteiger partial charge in [0, 0.05) is 95.0 Å². The van der Waals surface area contributed by atoms with Crippen LogP contribution >= 0.6 is 0 Å². The maximum atomic E-state index is 6.28. The number of para-hydroxylation sites is 4. The Morgan fingerprint density at radius 1 is 0.193 bits per heavy atom. The maximum absolute atomic E-state index is 6.28. The van der Waals surface area contributed by atoms with Gasteiger partial charge in [-0.1, -0.05) is 269 Å². The molecule has 546 valence electrons. The number of furan rings is 4. The molecule has 4 heterocycles. The summed E-state index contributed by atoms with van der Waals surface area (Å²) in [6, 6.07) is 137. The monoisotopic (exact) mass is 1470 g/mol. The third-order valence-electron chi connectivity index (χ3n) is 21.3. The third kappa shape index (κ3) is 14.3. The Morgan fingerprint density at radius 3 is 1.25 bits per heavy atom. The number of hydrogen-bond acceptors (Lipinski definition) is 8. The molecule has 0 aliphatic heterocycles. The summed E-state index contributed by atoms with van der Waals surface area (Å²) in [5, 5.41) is 30.6. The molecule has 4 N–H and O–H groups in total. The van der Waals surface area contributed by atoms with Gasteiger partial charge in [0.15, 0.2) is 5.58 Å². The Morgan fingerprint density at radius 2 is 0.579 bits per heavy atom. The van der Waals surface area contributed by atoms with Gasteiger partial charge in [0.25, 0.3) is 0 Å². The maximum Gasteiger partial charge on any atom is 0.158 e. The van der Waals surface area contributed by atoms with E-state index in [4.69, 9.17) is 17.7 Å². The van der Waals surface area contributed by atoms with Gasteiger partial charge in [-0.15, -0.1) is 0 Å². The molecule has 22 rings (SSSR count). The predicted octanol–water partition coefficient (Wildman–Crippen LogP) is 31.1. The van der Waals surface area contributed by atoms with Crippen LogP contribution in [0.5, 0.6) is 0 Å². The Bertz CT molecular complexity index is 7240. The first-order chi connectivity index (χ1) is 56.0. The lowest BCUT2D eigenvalue weighted by Gasteiger charge is -2.19. The van der Waals surface area contributed by atoms with Crippen molar-refractivity contribution >= 4 is 166 Å². The van der Waals surface area contributed by atoms with Gasteiger partial charge in [0.1, 0.15) is 39.1 Å². The zero-order chi connectivity index (χ0) is 76.5. The molecule has 0 radical (unpaired) electrons. The smallest absolute Gasteiger partial charge is 0.158 e. The molecule has 8 nitrogen and oxygen atoms in total. The third-order valence-corrected chi connectivity index (χ3v) is 21.3.